The highest BCUT2D eigenvalue weighted by Gasteiger charge is 2.21. The van der Waals surface area contributed by atoms with Crippen LogP contribution >= 0.6 is 0 Å². The summed E-state index contributed by atoms with van der Waals surface area (Å²) >= 11 is 0. The molecule has 0 bridgehead atoms. The Bertz CT molecular complexity index is 1060. The monoisotopic (exact) mass is 416 g/mol. The summed E-state index contributed by atoms with van der Waals surface area (Å²) in [4.78, 5) is 25.2. The molecule has 1 unspecified atom stereocenters. The highest BCUT2D eigenvalue weighted by atomic mass is 16.1. The maximum absolute atomic E-state index is 12.5. The van der Waals surface area contributed by atoms with E-state index in [1.807, 2.05) is 6.07 Å². The molecular formula is C22H24N8O. The van der Waals surface area contributed by atoms with Crippen molar-refractivity contribution in [2.24, 2.45) is 0 Å². The smallest absolute Gasteiger partial charge is 0.256 e. The fraction of sp³-hybridized carbons (Fsp3) is 0.227. The topological polar surface area (TPSA) is 128 Å². The summed E-state index contributed by atoms with van der Waals surface area (Å²) in [7, 11) is 1.77. The van der Waals surface area contributed by atoms with Gasteiger partial charge in [0.2, 0.25) is 0 Å². The van der Waals surface area contributed by atoms with E-state index in [9.17, 15) is 4.79 Å². The Morgan fingerprint density at radius 2 is 1.84 bits per heavy atom. The van der Waals surface area contributed by atoms with E-state index in [2.05, 4.69) is 36.2 Å². The van der Waals surface area contributed by atoms with Gasteiger partial charge in [-0.25, -0.2) is 15.0 Å². The van der Waals surface area contributed by atoms with Gasteiger partial charge in [-0.1, -0.05) is 18.2 Å². The fourth-order valence-corrected chi connectivity index (χ4v) is 3.45. The summed E-state index contributed by atoms with van der Waals surface area (Å²) in [5, 5.41) is 21.4. The Balaban J connectivity index is 1.56. The maximum atomic E-state index is 12.5. The van der Waals surface area contributed by atoms with Crippen molar-refractivity contribution in [3.8, 4) is 0 Å². The molecule has 0 spiro atoms. The van der Waals surface area contributed by atoms with Crippen LogP contribution in [0.25, 0.3) is 0 Å². The SMILES string of the molecule is CNc1ncnc(NC2CCNC2)c1C(=N)c1ccc(C(=O)Nc2ccccn2)cc1. The number of nitrogens with one attached hydrogen (secondary N) is 5. The van der Waals surface area contributed by atoms with Crippen LogP contribution in [0.1, 0.15) is 27.9 Å². The van der Waals surface area contributed by atoms with Gasteiger partial charge in [-0.05, 0) is 37.2 Å². The van der Waals surface area contributed by atoms with Gasteiger partial charge in [0.15, 0.2) is 0 Å². The molecule has 1 aliphatic rings. The zero-order valence-electron chi connectivity index (χ0n) is 17.1. The first-order valence-corrected chi connectivity index (χ1v) is 10.1. The van der Waals surface area contributed by atoms with Gasteiger partial charge in [0, 0.05) is 37.0 Å². The average Bonchev–Trinajstić information content (AvgIpc) is 3.32. The van der Waals surface area contributed by atoms with Crippen LogP contribution < -0.4 is 21.3 Å². The highest BCUT2D eigenvalue weighted by Crippen LogP contribution is 2.25. The van der Waals surface area contributed by atoms with Crippen molar-refractivity contribution in [1.29, 1.82) is 5.41 Å². The minimum absolute atomic E-state index is 0.254. The lowest BCUT2D eigenvalue weighted by Crippen LogP contribution is -2.25. The summed E-state index contributed by atoms with van der Waals surface area (Å²) in [6.07, 6.45) is 4.10. The lowest BCUT2D eigenvalue weighted by atomic mass is 10.0. The number of amides is 1. The number of pyridine rings is 1. The molecule has 9 heteroatoms. The van der Waals surface area contributed by atoms with Gasteiger partial charge in [-0.15, -0.1) is 0 Å². The first kappa shape index (κ1) is 20.4. The molecule has 31 heavy (non-hydrogen) atoms. The third-order valence-electron chi connectivity index (χ3n) is 5.08. The van der Waals surface area contributed by atoms with E-state index in [0.29, 0.717) is 34.1 Å². The molecule has 1 aliphatic heterocycles. The van der Waals surface area contributed by atoms with Gasteiger partial charge in [0.25, 0.3) is 5.91 Å². The predicted octanol–water partition coefficient (Wildman–Crippen LogP) is 2.36. The van der Waals surface area contributed by atoms with Crippen LogP contribution in [-0.2, 0) is 0 Å². The van der Waals surface area contributed by atoms with Gasteiger partial charge >= 0.3 is 0 Å². The molecule has 2 aromatic heterocycles. The first-order chi connectivity index (χ1) is 15.2. The Morgan fingerprint density at radius 1 is 1.06 bits per heavy atom. The highest BCUT2D eigenvalue weighted by molar-refractivity contribution is 6.16. The van der Waals surface area contributed by atoms with Crippen LogP contribution in [0.2, 0.25) is 0 Å². The number of hydrogen-bond acceptors (Lipinski definition) is 8. The van der Waals surface area contributed by atoms with Gasteiger partial charge < -0.3 is 21.3 Å². The molecule has 1 atom stereocenters. The number of carbonyl (C=O) groups is 1. The number of nitrogens with zero attached hydrogens (tertiary/aromatic N) is 3. The van der Waals surface area contributed by atoms with Gasteiger partial charge in [-0.3, -0.25) is 10.2 Å². The fourth-order valence-electron chi connectivity index (χ4n) is 3.45. The van der Waals surface area contributed by atoms with Crippen molar-refractivity contribution in [1.82, 2.24) is 20.3 Å². The van der Waals surface area contributed by atoms with E-state index in [4.69, 9.17) is 5.41 Å². The zero-order valence-corrected chi connectivity index (χ0v) is 17.1. The van der Waals surface area contributed by atoms with Crippen molar-refractivity contribution in [2.45, 2.75) is 12.5 Å². The van der Waals surface area contributed by atoms with Crippen molar-refractivity contribution in [2.75, 3.05) is 36.1 Å². The molecule has 1 saturated heterocycles. The Hall–Kier alpha value is -3.85. The van der Waals surface area contributed by atoms with Crippen LogP contribution in [0.15, 0.2) is 55.0 Å². The molecule has 3 aromatic rings. The van der Waals surface area contributed by atoms with Crippen LogP contribution in [0.3, 0.4) is 0 Å². The summed E-state index contributed by atoms with van der Waals surface area (Å²) in [5.74, 6) is 1.42. The van der Waals surface area contributed by atoms with Crippen molar-refractivity contribution < 1.29 is 4.79 Å². The number of aromatic nitrogens is 3. The number of benzene rings is 1. The predicted molar refractivity (Wildman–Crippen MR) is 121 cm³/mol. The molecule has 3 heterocycles. The zero-order chi connectivity index (χ0) is 21.6. The second-order valence-electron chi connectivity index (χ2n) is 7.15. The summed E-state index contributed by atoms with van der Waals surface area (Å²) in [6.45, 7) is 1.81. The Labute approximate surface area is 180 Å². The summed E-state index contributed by atoms with van der Waals surface area (Å²) < 4.78 is 0. The molecule has 0 radical (unpaired) electrons. The minimum Gasteiger partial charge on any atom is -0.372 e. The maximum Gasteiger partial charge on any atom is 0.256 e. The van der Waals surface area contributed by atoms with Crippen LogP contribution in [0.4, 0.5) is 17.5 Å². The average molecular weight is 416 g/mol. The van der Waals surface area contributed by atoms with E-state index >= 15 is 0 Å². The summed E-state index contributed by atoms with van der Waals surface area (Å²) in [6, 6.07) is 12.5. The van der Waals surface area contributed by atoms with E-state index in [-0.39, 0.29) is 17.7 Å². The van der Waals surface area contributed by atoms with Crippen LogP contribution in [0, 0.1) is 5.41 Å². The molecule has 158 valence electrons. The van der Waals surface area contributed by atoms with Gasteiger partial charge in [0.05, 0.1) is 11.3 Å². The van der Waals surface area contributed by atoms with Crippen LogP contribution in [0.5, 0.6) is 0 Å². The lowest BCUT2D eigenvalue weighted by Gasteiger charge is -2.18. The summed E-state index contributed by atoms with van der Waals surface area (Å²) in [5.41, 5.74) is 2.02. The molecule has 5 N–H and O–H groups in total. The number of anilines is 3. The Morgan fingerprint density at radius 3 is 2.52 bits per heavy atom. The Kier molecular flexibility index (Phi) is 6.13. The number of rotatable bonds is 7. The van der Waals surface area contributed by atoms with E-state index < -0.39 is 0 Å². The number of hydrogen-bond donors (Lipinski definition) is 5. The standard InChI is InChI=1S/C22H24N8O/c1-24-20-18(21(28-13-27-20)29-16-9-11-25-12-16)19(23)14-5-7-15(8-6-14)22(31)30-17-4-2-3-10-26-17/h2-8,10,13,16,23,25H,9,11-12H2,1H3,(H,26,30,31)(H2,24,27,28,29). The minimum atomic E-state index is -0.258. The van der Waals surface area contributed by atoms with Gasteiger partial charge in [0.1, 0.15) is 23.8 Å². The molecule has 1 amide bonds. The van der Waals surface area contributed by atoms with Gasteiger partial charge in [-0.2, -0.15) is 0 Å². The van der Waals surface area contributed by atoms with Crippen molar-refractivity contribution >= 4 is 29.1 Å². The van der Waals surface area contributed by atoms with E-state index in [1.54, 1.807) is 49.6 Å². The normalized spacial score (nSPS) is 15.3. The molecule has 1 aromatic carbocycles. The molecule has 9 nitrogen and oxygen atoms in total. The quantitative estimate of drug-likeness (QED) is 0.374. The largest absolute Gasteiger partial charge is 0.372 e. The third kappa shape index (κ3) is 4.67. The molecule has 1 fully saturated rings. The molecule has 0 saturated carbocycles. The van der Waals surface area contributed by atoms with Crippen molar-refractivity contribution in [3.63, 3.8) is 0 Å². The first-order valence-electron chi connectivity index (χ1n) is 10.1. The lowest BCUT2D eigenvalue weighted by molar-refractivity contribution is 0.102. The third-order valence-corrected chi connectivity index (χ3v) is 5.08. The molecule has 0 aliphatic carbocycles. The van der Waals surface area contributed by atoms with E-state index in [1.165, 1.54) is 6.33 Å². The molecular weight excluding hydrogens is 392 g/mol. The number of carbonyl (C=O) groups excluding carboxylic acids is 1. The van der Waals surface area contributed by atoms with E-state index in [0.717, 1.165) is 19.5 Å². The van der Waals surface area contributed by atoms with Crippen LogP contribution in [-0.4, -0.2) is 52.7 Å². The molecule has 4 rings (SSSR count). The second-order valence-corrected chi connectivity index (χ2v) is 7.15. The second kappa shape index (κ2) is 9.31. The van der Waals surface area contributed by atoms with Crippen molar-refractivity contribution in [3.05, 3.63) is 71.7 Å².